The molecule has 1 N–H and O–H groups in total. The van der Waals surface area contributed by atoms with Crippen molar-refractivity contribution in [1.29, 1.82) is 0 Å². The molecular formula is C11H11FN2O. The van der Waals surface area contributed by atoms with Crippen molar-refractivity contribution < 1.29 is 9.50 Å². The van der Waals surface area contributed by atoms with Gasteiger partial charge in [0.15, 0.2) is 5.75 Å². The monoisotopic (exact) mass is 206 g/mol. The van der Waals surface area contributed by atoms with Crippen molar-refractivity contribution in [1.82, 2.24) is 9.78 Å². The molecule has 1 heterocycles. The predicted octanol–water partition coefficient (Wildman–Crippen LogP) is 2.24. The van der Waals surface area contributed by atoms with Gasteiger partial charge in [-0.1, -0.05) is 0 Å². The van der Waals surface area contributed by atoms with E-state index in [2.05, 4.69) is 5.10 Å². The molecule has 1 aromatic heterocycles. The zero-order valence-corrected chi connectivity index (χ0v) is 8.53. The Balaban J connectivity index is 2.54. The standard InChI is InChI=1S/C11H11FN2O/c1-7-11(15)10(13-14(7)2)8-3-5-9(12)6-4-8/h3-6,15H,1-2H3. The first-order chi connectivity index (χ1) is 7.09. The predicted molar refractivity (Wildman–Crippen MR) is 55.0 cm³/mol. The number of halogens is 1. The van der Waals surface area contributed by atoms with Gasteiger partial charge in [-0.15, -0.1) is 0 Å². The molecule has 2 aromatic rings. The summed E-state index contributed by atoms with van der Waals surface area (Å²) in [5.41, 5.74) is 1.88. The lowest BCUT2D eigenvalue weighted by molar-refractivity contribution is 0.471. The molecule has 1 aromatic carbocycles. The van der Waals surface area contributed by atoms with E-state index in [1.165, 1.54) is 12.1 Å². The summed E-state index contributed by atoms with van der Waals surface area (Å²) in [5, 5.41) is 13.9. The first-order valence-electron chi connectivity index (χ1n) is 4.58. The van der Waals surface area contributed by atoms with Crippen LogP contribution in [-0.2, 0) is 7.05 Å². The van der Waals surface area contributed by atoms with Crippen LogP contribution in [0.25, 0.3) is 11.3 Å². The Hall–Kier alpha value is -1.84. The Bertz CT molecular complexity index is 488. The number of nitrogens with zero attached hydrogens (tertiary/aromatic N) is 2. The van der Waals surface area contributed by atoms with Crippen LogP contribution in [0.5, 0.6) is 5.75 Å². The van der Waals surface area contributed by atoms with Crippen LogP contribution in [0.2, 0.25) is 0 Å². The van der Waals surface area contributed by atoms with Gasteiger partial charge in [0.25, 0.3) is 0 Å². The number of aromatic hydroxyl groups is 1. The van der Waals surface area contributed by atoms with Crippen molar-refractivity contribution >= 4 is 0 Å². The zero-order valence-electron chi connectivity index (χ0n) is 8.53. The molecule has 4 heteroatoms. The fourth-order valence-electron chi connectivity index (χ4n) is 1.40. The highest BCUT2D eigenvalue weighted by molar-refractivity contribution is 5.66. The van der Waals surface area contributed by atoms with Gasteiger partial charge in [0.2, 0.25) is 0 Å². The summed E-state index contributed by atoms with van der Waals surface area (Å²) >= 11 is 0. The van der Waals surface area contributed by atoms with E-state index in [1.807, 2.05) is 0 Å². The van der Waals surface area contributed by atoms with E-state index in [4.69, 9.17) is 0 Å². The maximum Gasteiger partial charge on any atom is 0.164 e. The highest BCUT2D eigenvalue weighted by Gasteiger charge is 2.12. The molecule has 0 saturated carbocycles. The molecule has 0 unspecified atom stereocenters. The maximum absolute atomic E-state index is 12.7. The highest BCUT2D eigenvalue weighted by Crippen LogP contribution is 2.30. The largest absolute Gasteiger partial charge is 0.504 e. The quantitative estimate of drug-likeness (QED) is 0.777. The summed E-state index contributed by atoms with van der Waals surface area (Å²) in [6.07, 6.45) is 0. The van der Waals surface area contributed by atoms with Gasteiger partial charge in [0.05, 0.1) is 5.69 Å². The van der Waals surface area contributed by atoms with E-state index in [0.29, 0.717) is 17.0 Å². The molecule has 0 amide bonds. The molecule has 0 bridgehead atoms. The second kappa shape index (κ2) is 3.38. The van der Waals surface area contributed by atoms with Crippen molar-refractivity contribution in [3.05, 3.63) is 35.8 Å². The Morgan fingerprint density at radius 1 is 1.27 bits per heavy atom. The molecule has 0 aliphatic rings. The Morgan fingerprint density at radius 2 is 1.87 bits per heavy atom. The molecule has 0 aliphatic carbocycles. The molecule has 78 valence electrons. The zero-order chi connectivity index (χ0) is 11.0. The molecule has 3 nitrogen and oxygen atoms in total. The minimum Gasteiger partial charge on any atom is -0.504 e. The molecule has 0 spiro atoms. The average molecular weight is 206 g/mol. The van der Waals surface area contributed by atoms with Gasteiger partial charge >= 0.3 is 0 Å². The Morgan fingerprint density at radius 3 is 2.33 bits per heavy atom. The van der Waals surface area contributed by atoms with Crippen molar-refractivity contribution in [2.45, 2.75) is 6.92 Å². The third kappa shape index (κ3) is 1.58. The lowest BCUT2D eigenvalue weighted by atomic mass is 10.1. The van der Waals surface area contributed by atoms with Gasteiger partial charge < -0.3 is 5.11 Å². The van der Waals surface area contributed by atoms with Gasteiger partial charge in [-0.3, -0.25) is 4.68 Å². The van der Waals surface area contributed by atoms with Crippen molar-refractivity contribution in [3.8, 4) is 17.0 Å². The summed E-state index contributed by atoms with van der Waals surface area (Å²) in [6.45, 7) is 1.77. The summed E-state index contributed by atoms with van der Waals surface area (Å²) in [5.74, 6) is -0.157. The van der Waals surface area contributed by atoms with Crippen LogP contribution in [0, 0.1) is 12.7 Å². The third-order valence-corrected chi connectivity index (χ3v) is 2.42. The molecule has 0 saturated heterocycles. The third-order valence-electron chi connectivity index (χ3n) is 2.42. The molecule has 0 aliphatic heterocycles. The van der Waals surface area contributed by atoms with Gasteiger partial charge in [0, 0.05) is 12.6 Å². The van der Waals surface area contributed by atoms with Crippen molar-refractivity contribution in [2.75, 3.05) is 0 Å². The van der Waals surface area contributed by atoms with Crippen LogP contribution in [0.3, 0.4) is 0 Å². The normalized spacial score (nSPS) is 10.6. The van der Waals surface area contributed by atoms with Crippen molar-refractivity contribution in [2.24, 2.45) is 7.05 Å². The number of benzene rings is 1. The van der Waals surface area contributed by atoms with E-state index in [9.17, 15) is 9.50 Å². The SMILES string of the molecule is Cc1c(O)c(-c2ccc(F)cc2)nn1C. The summed E-state index contributed by atoms with van der Waals surface area (Å²) in [7, 11) is 1.75. The number of aryl methyl sites for hydroxylation is 1. The second-order valence-electron chi connectivity index (χ2n) is 3.41. The minimum absolute atomic E-state index is 0.143. The van der Waals surface area contributed by atoms with Gasteiger partial charge in [-0.25, -0.2) is 4.39 Å². The van der Waals surface area contributed by atoms with Crippen LogP contribution in [0.1, 0.15) is 5.69 Å². The average Bonchev–Trinajstić information content (AvgIpc) is 2.47. The Labute approximate surface area is 86.8 Å². The van der Waals surface area contributed by atoms with Gasteiger partial charge in [0.1, 0.15) is 11.5 Å². The summed E-state index contributed by atoms with van der Waals surface area (Å²) in [4.78, 5) is 0. The van der Waals surface area contributed by atoms with Crippen LogP contribution < -0.4 is 0 Å². The van der Waals surface area contributed by atoms with E-state index in [-0.39, 0.29) is 11.6 Å². The van der Waals surface area contributed by atoms with E-state index < -0.39 is 0 Å². The first-order valence-corrected chi connectivity index (χ1v) is 4.58. The maximum atomic E-state index is 12.7. The lowest BCUT2D eigenvalue weighted by Crippen LogP contribution is -1.92. The van der Waals surface area contributed by atoms with E-state index in [0.717, 1.165) is 0 Å². The first kappa shape index (κ1) is 9.71. The second-order valence-corrected chi connectivity index (χ2v) is 3.41. The molecule has 0 fully saturated rings. The molecule has 2 rings (SSSR count). The molecule has 0 radical (unpaired) electrons. The fraction of sp³-hybridized carbons (Fsp3) is 0.182. The van der Waals surface area contributed by atoms with Gasteiger partial charge in [-0.2, -0.15) is 5.10 Å². The van der Waals surface area contributed by atoms with E-state index in [1.54, 1.807) is 30.8 Å². The molecular weight excluding hydrogens is 195 g/mol. The number of hydrogen-bond donors (Lipinski definition) is 1. The highest BCUT2D eigenvalue weighted by atomic mass is 19.1. The van der Waals surface area contributed by atoms with Crippen LogP contribution in [0.15, 0.2) is 24.3 Å². The van der Waals surface area contributed by atoms with E-state index >= 15 is 0 Å². The molecule has 15 heavy (non-hydrogen) atoms. The molecule has 0 atom stereocenters. The van der Waals surface area contributed by atoms with Crippen LogP contribution in [0.4, 0.5) is 4.39 Å². The fourth-order valence-corrected chi connectivity index (χ4v) is 1.40. The number of rotatable bonds is 1. The van der Waals surface area contributed by atoms with Crippen LogP contribution in [-0.4, -0.2) is 14.9 Å². The number of aromatic nitrogens is 2. The summed E-state index contributed by atoms with van der Waals surface area (Å²) in [6, 6.07) is 5.88. The lowest BCUT2D eigenvalue weighted by Gasteiger charge is -1.96. The summed E-state index contributed by atoms with van der Waals surface area (Å²) < 4.78 is 14.3. The number of hydrogen-bond acceptors (Lipinski definition) is 2. The minimum atomic E-state index is -0.300. The van der Waals surface area contributed by atoms with Gasteiger partial charge in [-0.05, 0) is 31.2 Å². The smallest absolute Gasteiger partial charge is 0.164 e. The Kier molecular flexibility index (Phi) is 2.19. The van der Waals surface area contributed by atoms with Crippen LogP contribution >= 0.6 is 0 Å². The van der Waals surface area contributed by atoms with Crippen molar-refractivity contribution in [3.63, 3.8) is 0 Å². The topological polar surface area (TPSA) is 38.1 Å².